The zero-order valence-corrected chi connectivity index (χ0v) is 15.4. The second-order valence-corrected chi connectivity index (χ2v) is 7.62. The number of aromatic amines is 1. The molecule has 4 rings (SSSR count). The topological polar surface area (TPSA) is 61.0 Å². The summed E-state index contributed by atoms with van der Waals surface area (Å²) in [4.78, 5) is 16.7. The number of thiophene rings is 1. The number of aromatic nitrogens is 2. The Morgan fingerprint density at radius 3 is 2.69 bits per heavy atom. The highest BCUT2D eigenvalue weighted by Gasteiger charge is 2.13. The molecule has 5 nitrogen and oxygen atoms in total. The Morgan fingerprint density at radius 2 is 1.92 bits per heavy atom. The smallest absolute Gasteiger partial charge is 0.265 e. The predicted molar refractivity (Wildman–Crippen MR) is 107 cm³/mol. The number of carbonyl (C=O) groups is 1. The van der Waals surface area contributed by atoms with Gasteiger partial charge in [0.15, 0.2) is 0 Å². The van der Waals surface area contributed by atoms with Crippen molar-refractivity contribution in [1.82, 2.24) is 10.2 Å². The van der Waals surface area contributed by atoms with E-state index in [9.17, 15) is 4.79 Å². The third kappa shape index (κ3) is 3.80. The lowest BCUT2D eigenvalue weighted by Crippen LogP contribution is -2.23. The monoisotopic (exact) mass is 366 g/mol. The number of benzene rings is 1. The van der Waals surface area contributed by atoms with Crippen LogP contribution in [0.1, 0.15) is 35.4 Å². The number of nitrogens with zero attached hydrogens (tertiary/aromatic N) is 2. The van der Waals surface area contributed by atoms with Crippen LogP contribution in [0.25, 0.3) is 10.6 Å². The second kappa shape index (κ2) is 7.74. The summed E-state index contributed by atoms with van der Waals surface area (Å²) in [6, 6.07) is 13.9. The van der Waals surface area contributed by atoms with Gasteiger partial charge < -0.3 is 10.2 Å². The van der Waals surface area contributed by atoms with Crippen LogP contribution >= 0.6 is 11.3 Å². The average Bonchev–Trinajstić information content (AvgIpc) is 3.28. The predicted octanol–water partition coefficient (Wildman–Crippen LogP) is 4.77. The summed E-state index contributed by atoms with van der Waals surface area (Å²) in [6.07, 6.45) is 6.81. The molecule has 1 fully saturated rings. The molecule has 134 valence electrons. The van der Waals surface area contributed by atoms with Gasteiger partial charge in [-0.15, -0.1) is 11.3 Å². The molecule has 1 aliphatic heterocycles. The first-order valence-electron chi connectivity index (χ1n) is 9.05. The number of anilines is 2. The van der Waals surface area contributed by atoms with Gasteiger partial charge in [-0.2, -0.15) is 5.10 Å². The molecule has 0 spiro atoms. The highest BCUT2D eigenvalue weighted by atomic mass is 32.1. The molecule has 1 amide bonds. The number of rotatable bonds is 4. The van der Waals surface area contributed by atoms with Crippen molar-refractivity contribution in [2.45, 2.75) is 25.7 Å². The first-order valence-corrected chi connectivity index (χ1v) is 9.87. The van der Waals surface area contributed by atoms with E-state index in [1.54, 1.807) is 6.20 Å². The summed E-state index contributed by atoms with van der Waals surface area (Å²) in [5.41, 5.74) is 2.96. The van der Waals surface area contributed by atoms with E-state index in [0.717, 1.165) is 29.3 Å². The molecule has 0 bridgehead atoms. The van der Waals surface area contributed by atoms with Crippen LogP contribution < -0.4 is 10.2 Å². The third-order valence-electron chi connectivity index (χ3n) is 4.67. The minimum absolute atomic E-state index is 0.0752. The van der Waals surface area contributed by atoms with E-state index in [1.165, 1.54) is 42.7 Å². The van der Waals surface area contributed by atoms with Gasteiger partial charge in [0, 0.05) is 30.7 Å². The van der Waals surface area contributed by atoms with Crippen molar-refractivity contribution >= 4 is 28.6 Å². The first kappa shape index (κ1) is 16.8. The van der Waals surface area contributed by atoms with Gasteiger partial charge in [-0.05, 0) is 49.2 Å². The lowest BCUT2D eigenvalue weighted by Gasteiger charge is -2.23. The number of H-pyrrole nitrogens is 1. The molecule has 0 unspecified atom stereocenters. The van der Waals surface area contributed by atoms with Gasteiger partial charge in [-0.1, -0.05) is 18.9 Å². The Labute approximate surface area is 157 Å². The maximum Gasteiger partial charge on any atom is 0.265 e. The first-order chi connectivity index (χ1) is 12.8. The molecule has 1 aliphatic rings. The number of amides is 1. The molecule has 2 aromatic heterocycles. The summed E-state index contributed by atoms with van der Waals surface area (Å²) in [6.45, 7) is 2.19. The van der Waals surface area contributed by atoms with Crippen molar-refractivity contribution in [1.29, 1.82) is 0 Å². The zero-order chi connectivity index (χ0) is 17.8. The van der Waals surface area contributed by atoms with E-state index < -0.39 is 0 Å². The maximum atomic E-state index is 12.6. The van der Waals surface area contributed by atoms with Gasteiger partial charge >= 0.3 is 0 Å². The molecule has 2 N–H and O–H groups in total. The average molecular weight is 366 g/mol. The molecule has 1 saturated heterocycles. The molecule has 26 heavy (non-hydrogen) atoms. The summed E-state index contributed by atoms with van der Waals surface area (Å²) >= 11 is 1.46. The van der Waals surface area contributed by atoms with E-state index >= 15 is 0 Å². The third-order valence-corrected chi connectivity index (χ3v) is 5.79. The van der Waals surface area contributed by atoms with Crippen LogP contribution in [0, 0.1) is 0 Å². The van der Waals surface area contributed by atoms with E-state index in [0.29, 0.717) is 4.88 Å². The molecule has 0 radical (unpaired) electrons. The highest BCUT2D eigenvalue weighted by Crippen LogP contribution is 2.28. The standard InChI is InChI=1S/C20H22N4OS/c25-20(19-9-8-18(26-19)17-10-11-21-23-17)22-15-6-5-7-16(14-15)24-12-3-1-2-4-13-24/h5-11,14H,1-4,12-13H2,(H,21,23)(H,22,25). The Morgan fingerprint density at radius 1 is 1.08 bits per heavy atom. The molecule has 0 aliphatic carbocycles. The van der Waals surface area contributed by atoms with E-state index in [4.69, 9.17) is 0 Å². The summed E-state index contributed by atoms with van der Waals surface area (Å²) in [7, 11) is 0. The number of nitrogens with one attached hydrogen (secondary N) is 2. The largest absolute Gasteiger partial charge is 0.371 e. The second-order valence-electron chi connectivity index (χ2n) is 6.54. The molecular weight excluding hydrogens is 344 g/mol. The van der Waals surface area contributed by atoms with Crippen LogP contribution in [0.4, 0.5) is 11.4 Å². The Kier molecular flexibility index (Phi) is 5.02. The van der Waals surface area contributed by atoms with Gasteiger partial charge in [-0.3, -0.25) is 9.89 Å². The molecule has 0 atom stereocenters. The summed E-state index contributed by atoms with van der Waals surface area (Å²) in [5.74, 6) is -0.0752. The van der Waals surface area contributed by atoms with Gasteiger partial charge in [0.1, 0.15) is 0 Å². The normalized spacial score (nSPS) is 14.8. The van der Waals surface area contributed by atoms with Gasteiger partial charge in [0.05, 0.1) is 15.4 Å². The lowest BCUT2D eigenvalue weighted by atomic mass is 10.2. The number of hydrogen-bond donors (Lipinski definition) is 2. The fourth-order valence-corrected chi connectivity index (χ4v) is 4.18. The van der Waals surface area contributed by atoms with E-state index in [2.05, 4.69) is 32.5 Å². The van der Waals surface area contributed by atoms with Crippen molar-refractivity contribution in [3.05, 3.63) is 53.5 Å². The van der Waals surface area contributed by atoms with Crippen LogP contribution in [-0.2, 0) is 0 Å². The van der Waals surface area contributed by atoms with Gasteiger partial charge in [-0.25, -0.2) is 0 Å². The van der Waals surface area contributed by atoms with Crippen LogP contribution in [-0.4, -0.2) is 29.2 Å². The van der Waals surface area contributed by atoms with Crippen LogP contribution in [0.5, 0.6) is 0 Å². The van der Waals surface area contributed by atoms with Gasteiger partial charge in [0.25, 0.3) is 5.91 Å². The molecular formula is C20H22N4OS. The van der Waals surface area contributed by atoms with Crippen LogP contribution in [0.2, 0.25) is 0 Å². The van der Waals surface area contributed by atoms with Crippen LogP contribution in [0.15, 0.2) is 48.7 Å². The molecule has 3 heterocycles. The minimum atomic E-state index is -0.0752. The Hall–Kier alpha value is -2.60. The highest BCUT2D eigenvalue weighted by molar-refractivity contribution is 7.17. The van der Waals surface area contributed by atoms with E-state index in [-0.39, 0.29) is 5.91 Å². The van der Waals surface area contributed by atoms with Crippen molar-refractivity contribution in [2.75, 3.05) is 23.3 Å². The lowest BCUT2D eigenvalue weighted by molar-refractivity contribution is 0.103. The fraction of sp³-hybridized carbons (Fsp3) is 0.300. The zero-order valence-electron chi connectivity index (χ0n) is 14.6. The quantitative estimate of drug-likeness (QED) is 0.699. The van der Waals surface area contributed by atoms with Crippen molar-refractivity contribution in [3.63, 3.8) is 0 Å². The maximum absolute atomic E-state index is 12.6. The van der Waals surface area contributed by atoms with Crippen LogP contribution in [0.3, 0.4) is 0 Å². The van der Waals surface area contributed by atoms with Crippen molar-refractivity contribution in [2.24, 2.45) is 0 Å². The van der Waals surface area contributed by atoms with Gasteiger partial charge in [0.2, 0.25) is 0 Å². The fourth-order valence-electron chi connectivity index (χ4n) is 3.30. The Balaban J connectivity index is 1.47. The SMILES string of the molecule is O=C(Nc1cccc(N2CCCCCC2)c1)c1ccc(-c2ccn[nH]2)s1. The minimum Gasteiger partial charge on any atom is -0.371 e. The summed E-state index contributed by atoms with van der Waals surface area (Å²) < 4.78 is 0. The molecule has 0 saturated carbocycles. The van der Waals surface area contributed by atoms with Crippen molar-refractivity contribution < 1.29 is 4.79 Å². The number of hydrogen-bond acceptors (Lipinski definition) is 4. The Bertz CT molecular complexity index is 864. The molecule has 1 aromatic carbocycles. The van der Waals surface area contributed by atoms with E-state index in [1.807, 2.05) is 30.3 Å². The number of carbonyl (C=O) groups excluding carboxylic acids is 1. The summed E-state index contributed by atoms with van der Waals surface area (Å²) in [5, 5.41) is 9.92. The molecule has 6 heteroatoms. The molecule has 3 aromatic rings. The van der Waals surface area contributed by atoms with Crippen molar-refractivity contribution in [3.8, 4) is 10.6 Å².